The summed E-state index contributed by atoms with van der Waals surface area (Å²) in [7, 11) is 0. The van der Waals surface area contributed by atoms with Gasteiger partial charge in [0.15, 0.2) is 0 Å². The van der Waals surface area contributed by atoms with Gasteiger partial charge in [-0.05, 0) is 0 Å². The van der Waals surface area contributed by atoms with E-state index >= 15 is 0 Å². The molecule has 0 aliphatic rings. The Morgan fingerprint density at radius 1 is 0.400 bits per heavy atom. The van der Waals surface area contributed by atoms with Gasteiger partial charge in [0, 0.05) is 0 Å². The second-order valence-electron chi connectivity index (χ2n) is 9.61. The molecule has 0 heterocycles. The molecule has 0 saturated carbocycles. The van der Waals surface area contributed by atoms with Crippen molar-refractivity contribution in [2.24, 2.45) is 0 Å². The van der Waals surface area contributed by atoms with E-state index < -0.39 is 47.2 Å². The van der Waals surface area contributed by atoms with Crippen molar-refractivity contribution >= 4 is 5.97 Å². The minimum Gasteiger partial charge on any atom is -0.420 e. The van der Waals surface area contributed by atoms with Crippen molar-refractivity contribution < 1.29 is 83.6 Å². The van der Waals surface area contributed by atoms with Crippen LogP contribution in [0.1, 0.15) is 6.42 Å². The first-order chi connectivity index (χ1) is 24.4. The van der Waals surface area contributed by atoms with E-state index in [-0.39, 0.29) is 26.4 Å². The number of benzene rings is 1. The number of rotatable bonds is 36. The monoisotopic (exact) mass is 736 g/mol. The molecule has 0 aliphatic heterocycles. The maximum atomic E-state index is 13.5. The second kappa shape index (κ2) is 32.5. The van der Waals surface area contributed by atoms with Gasteiger partial charge in [-0.2, -0.15) is 8.78 Å². The van der Waals surface area contributed by atoms with Gasteiger partial charge in [-0.15, -0.1) is 6.58 Å². The summed E-state index contributed by atoms with van der Waals surface area (Å²) in [6, 6.07) is 0. The Bertz CT molecular complexity index is 981. The normalized spacial score (nSPS) is 11.4. The molecule has 1 aromatic rings. The van der Waals surface area contributed by atoms with Crippen LogP contribution in [0, 0.1) is 29.1 Å². The zero-order valence-corrected chi connectivity index (χ0v) is 28.2. The van der Waals surface area contributed by atoms with E-state index in [1.807, 2.05) is 0 Å². The van der Waals surface area contributed by atoms with Gasteiger partial charge in [-0.1, -0.05) is 6.08 Å². The third-order valence-corrected chi connectivity index (χ3v) is 5.79. The van der Waals surface area contributed by atoms with E-state index in [9.17, 15) is 26.7 Å². The quantitative estimate of drug-likeness (QED) is 0.0191. The van der Waals surface area contributed by atoms with Crippen LogP contribution >= 0.6 is 0 Å². The topological polar surface area (TPSA) is 128 Å². The summed E-state index contributed by atoms with van der Waals surface area (Å²) in [4.78, 5) is 11.6. The lowest BCUT2D eigenvalue weighted by atomic mass is 10.2. The van der Waals surface area contributed by atoms with E-state index in [0.29, 0.717) is 119 Å². The number of halogens is 5. The molecule has 0 unspecified atom stereocenters. The third kappa shape index (κ3) is 23.9. The van der Waals surface area contributed by atoms with Gasteiger partial charge in [0.25, 0.3) is 0 Å². The summed E-state index contributed by atoms with van der Waals surface area (Å²) < 4.78 is 129. The molecule has 0 atom stereocenters. The summed E-state index contributed by atoms with van der Waals surface area (Å²) in [6.45, 7) is 12.0. The summed E-state index contributed by atoms with van der Waals surface area (Å²) in [5.41, 5.74) is 0. The Hall–Kier alpha value is -2.36. The molecule has 0 saturated heterocycles. The van der Waals surface area contributed by atoms with Gasteiger partial charge in [0.2, 0.25) is 34.8 Å². The number of carbonyl (C=O) groups is 1. The molecule has 290 valence electrons. The van der Waals surface area contributed by atoms with Crippen LogP contribution in [-0.4, -0.2) is 151 Å². The van der Waals surface area contributed by atoms with Gasteiger partial charge < -0.3 is 56.8 Å². The fraction of sp³-hybridized carbons (Fsp3) is 0.719. The van der Waals surface area contributed by atoms with E-state index in [0.717, 1.165) is 0 Å². The molecular formula is C32H49F5O13. The first-order valence-electron chi connectivity index (χ1n) is 16.1. The first-order valence-corrected chi connectivity index (χ1v) is 16.1. The molecule has 50 heavy (non-hydrogen) atoms. The van der Waals surface area contributed by atoms with Crippen LogP contribution in [0.4, 0.5) is 22.0 Å². The van der Waals surface area contributed by atoms with Crippen LogP contribution in [0.5, 0.6) is 5.75 Å². The van der Waals surface area contributed by atoms with Crippen molar-refractivity contribution in [3.63, 3.8) is 0 Å². The summed E-state index contributed by atoms with van der Waals surface area (Å²) in [6.07, 6.45) is 1.20. The summed E-state index contributed by atoms with van der Waals surface area (Å²) in [5.74, 6) is -14.1. The van der Waals surface area contributed by atoms with Crippen molar-refractivity contribution in [3.8, 4) is 5.75 Å². The van der Waals surface area contributed by atoms with Crippen LogP contribution in [0.2, 0.25) is 0 Å². The number of hydrogen-bond acceptors (Lipinski definition) is 13. The molecule has 18 heteroatoms. The van der Waals surface area contributed by atoms with Crippen LogP contribution in [0.3, 0.4) is 0 Å². The summed E-state index contributed by atoms with van der Waals surface area (Å²) in [5, 5.41) is 0. The highest BCUT2D eigenvalue weighted by atomic mass is 19.2. The maximum Gasteiger partial charge on any atom is 0.313 e. The molecule has 0 bridgehead atoms. The lowest BCUT2D eigenvalue weighted by Crippen LogP contribution is -2.16. The van der Waals surface area contributed by atoms with E-state index in [2.05, 4.69) is 11.3 Å². The molecule has 0 fully saturated rings. The van der Waals surface area contributed by atoms with E-state index in [1.54, 1.807) is 6.08 Å². The van der Waals surface area contributed by atoms with Gasteiger partial charge in [-0.3, -0.25) is 4.79 Å². The fourth-order valence-corrected chi connectivity index (χ4v) is 3.36. The van der Waals surface area contributed by atoms with Crippen molar-refractivity contribution in [2.45, 2.75) is 6.42 Å². The maximum absolute atomic E-state index is 13.5. The average molecular weight is 737 g/mol. The Kier molecular flexibility index (Phi) is 29.7. The Morgan fingerprint density at radius 2 is 0.640 bits per heavy atom. The summed E-state index contributed by atoms with van der Waals surface area (Å²) >= 11 is 0. The molecule has 0 radical (unpaired) electrons. The third-order valence-electron chi connectivity index (χ3n) is 5.79. The molecule has 0 amide bonds. The molecule has 1 rings (SSSR count). The number of carbonyl (C=O) groups excluding carboxylic acids is 1. The largest absolute Gasteiger partial charge is 0.420 e. The lowest BCUT2D eigenvalue weighted by Gasteiger charge is -2.09. The van der Waals surface area contributed by atoms with Gasteiger partial charge in [0.1, 0.15) is 0 Å². The molecule has 0 N–H and O–H groups in total. The Balaban J connectivity index is 1.74. The van der Waals surface area contributed by atoms with Gasteiger partial charge >= 0.3 is 5.97 Å². The predicted octanol–water partition coefficient (Wildman–Crippen LogP) is 3.05. The van der Waals surface area contributed by atoms with Gasteiger partial charge in [-0.25, -0.2) is 13.2 Å². The minimum absolute atomic E-state index is 0.0801. The van der Waals surface area contributed by atoms with Crippen molar-refractivity contribution in [3.05, 3.63) is 41.7 Å². The van der Waals surface area contributed by atoms with Crippen LogP contribution in [0.15, 0.2) is 12.7 Å². The highest BCUT2D eigenvalue weighted by Crippen LogP contribution is 2.29. The minimum atomic E-state index is -2.35. The van der Waals surface area contributed by atoms with Crippen LogP contribution < -0.4 is 4.74 Å². The zero-order valence-electron chi connectivity index (χ0n) is 28.2. The number of ether oxygens (including phenoxy) is 12. The van der Waals surface area contributed by atoms with Crippen molar-refractivity contribution in [1.82, 2.24) is 0 Å². The van der Waals surface area contributed by atoms with E-state index in [1.165, 1.54) is 0 Å². The Morgan fingerprint density at radius 3 is 0.920 bits per heavy atom. The molecular weight excluding hydrogens is 687 g/mol. The number of hydrogen-bond donors (Lipinski definition) is 0. The first kappa shape index (κ1) is 45.7. The molecule has 0 aromatic heterocycles. The SMILES string of the molecule is C=CCOCCOCCOCCOCCOCCOCCOCCOCCOCCOCCOCCC(=O)Oc1c(F)c(F)c(F)c(F)c1F. The van der Waals surface area contributed by atoms with Crippen LogP contribution in [0.25, 0.3) is 0 Å². The molecule has 0 aliphatic carbocycles. The standard InChI is InChI=1S/C32H49F5O13/c1-2-4-39-6-8-41-10-12-43-14-16-45-18-20-47-22-24-49-25-23-48-21-19-46-17-15-44-13-11-42-9-7-40-5-3-26(38)50-32-30(36)28(34)27(33)29(35)31(32)37/h2H,1,3-25H2. The lowest BCUT2D eigenvalue weighted by molar-refractivity contribution is -0.136. The predicted molar refractivity (Wildman–Crippen MR) is 166 cm³/mol. The molecule has 0 spiro atoms. The van der Waals surface area contributed by atoms with Gasteiger partial charge in [0.05, 0.1) is 152 Å². The van der Waals surface area contributed by atoms with Crippen molar-refractivity contribution in [2.75, 3.05) is 145 Å². The number of esters is 1. The molecule has 13 nitrogen and oxygen atoms in total. The van der Waals surface area contributed by atoms with E-state index in [4.69, 9.17) is 52.1 Å². The van der Waals surface area contributed by atoms with Crippen molar-refractivity contribution in [1.29, 1.82) is 0 Å². The zero-order chi connectivity index (χ0) is 36.5. The average Bonchev–Trinajstić information content (AvgIpc) is 3.11. The second-order valence-corrected chi connectivity index (χ2v) is 9.61. The Labute approximate surface area is 289 Å². The molecule has 1 aromatic carbocycles. The fourth-order valence-electron chi connectivity index (χ4n) is 3.36. The van der Waals surface area contributed by atoms with Crippen LogP contribution in [-0.2, 0) is 56.9 Å². The highest BCUT2D eigenvalue weighted by Gasteiger charge is 2.28. The smallest absolute Gasteiger partial charge is 0.313 e. The highest BCUT2D eigenvalue weighted by molar-refractivity contribution is 5.72.